The lowest BCUT2D eigenvalue weighted by atomic mass is 10.1. The van der Waals surface area contributed by atoms with Crippen LogP contribution < -0.4 is 5.32 Å². The molecule has 0 bridgehead atoms. The lowest BCUT2D eigenvalue weighted by Gasteiger charge is -2.10. The van der Waals surface area contributed by atoms with E-state index in [0.717, 1.165) is 6.54 Å². The minimum Gasteiger partial charge on any atom is -0.481 e. The van der Waals surface area contributed by atoms with Gasteiger partial charge >= 0.3 is 5.97 Å². The average Bonchev–Trinajstić information content (AvgIpc) is 2.20. The number of hydrogen-bond donors (Lipinski definition) is 2. The van der Waals surface area contributed by atoms with Gasteiger partial charge < -0.3 is 10.4 Å². The summed E-state index contributed by atoms with van der Waals surface area (Å²) in [7, 11) is 0. The number of benzene rings is 1. The summed E-state index contributed by atoms with van der Waals surface area (Å²) in [6, 6.07) is 6.30. The molecule has 0 aliphatic heterocycles. The molecule has 0 aliphatic carbocycles. The molecule has 0 aliphatic rings. The number of hydrogen-bond acceptors (Lipinski definition) is 2. The minimum absolute atomic E-state index is 0.342. The zero-order valence-electron chi connectivity index (χ0n) is 10.1. The summed E-state index contributed by atoms with van der Waals surface area (Å²) < 4.78 is 0. The molecular formula is C13H19NO2. The van der Waals surface area contributed by atoms with Crippen LogP contribution in [0.25, 0.3) is 0 Å². The van der Waals surface area contributed by atoms with Crippen molar-refractivity contribution in [3.8, 4) is 0 Å². The van der Waals surface area contributed by atoms with E-state index in [-0.39, 0.29) is 5.92 Å². The fourth-order valence-corrected chi connectivity index (χ4v) is 1.55. The highest BCUT2D eigenvalue weighted by Gasteiger charge is 2.09. The lowest BCUT2D eigenvalue weighted by molar-refractivity contribution is -0.140. The molecule has 1 aromatic carbocycles. The summed E-state index contributed by atoms with van der Waals surface area (Å²) in [6.45, 7) is 7.07. The number of carbonyl (C=O) groups is 1. The zero-order valence-corrected chi connectivity index (χ0v) is 10.1. The van der Waals surface area contributed by atoms with Crippen molar-refractivity contribution < 1.29 is 9.90 Å². The zero-order chi connectivity index (χ0) is 12.1. The Kier molecular flexibility index (Phi) is 4.50. The van der Waals surface area contributed by atoms with Crippen LogP contribution >= 0.6 is 0 Å². The SMILES string of the molecule is Cc1ccc(CNCC(C)C(=O)O)c(C)c1. The molecule has 0 radical (unpaired) electrons. The van der Waals surface area contributed by atoms with Crippen LogP contribution in [-0.4, -0.2) is 17.6 Å². The van der Waals surface area contributed by atoms with Crippen molar-refractivity contribution in [2.75, 3.05) is 6.54 Å². The van der Waals surface area contributed by atoms with Crippen molar-refractivity contribution >= 4 is 5.97 Å². The lowest BCUT2D eigenvalue weighted by Crippen LogP contribution is -2.26. The van der Waals surface area contributed by atoms with Crippen LogP contribution in [0.15, 0.2) is 18.2 Å². The maximum atomic E-state index is 10.6. The van der Waals surface area contributed by atoms with Gasteiger partial charge in [-0.15, -0.1) is 0 Å². The maximum Gasteiger partial charge on any atom is 0.307 e. The van der Waals surface area contributed by atoms with Crippen molar-refractivity contribution in [1.82, 2.24) is 5.32 Å². The molecule has 1 atom stereocenters. The van der Waals surface area contributed by atoms with Crippen molar-refractivity contribution in [3.05, 3.63) is 34.9 Å². The Morgan fingerprint density at radius 2 is 2.12 bits per heavy atom. The highest BCUT2D eigenvalue weighted by molar-refractivity contribution is 5.69. The minimum atomic E-state index is -0.756. The number of rotatable bonds is 5. The van der Waals surface area contributed by atoms with Gasteiger partial charge in [-0.25, -0.2) is 0 Å². The molecule has 0 saturated heterocycles. The Bertz CT molecular complexity index is 374. The van der Waals surface area contributed by atoms with Gasteiger partial charge in [-0.1, -0.05) is 30.7 Å². The molecule has 88 valence electrons. The number of carboxylic acid groups (broad SMARTS) is 1. The van der Waals surface area contributed by atoms with Gasteiger partial charge in [0.15, 0.2) is 0 Å². The van der Waals surface area contributed by atoms with Crippen LogP contribution in [0.4, 0.5) is 0 Å². The van der Waals surface area contributed by atoms with E-state index in [1.807, 2.05) is 0 Å². The van der Waals surface area contributed by atoms with Crippen LogP contribution in [0.5, 0.6) is 0 Å². The fraction of sp³-hybridized carbons (Fsp3) is 0.462. The number of aliphatic carboxylic acids is 1. The molecule has 1 aromatic rings. The van der Waals surface area contributed by atoms with Crippen LogP contribution in [0.1, 0.15) is 23.6 Å². The van der Waals surface area contributed by atoms with Crippen molar-refractivity contribution in [1.29, 1.82) is 0 Å². The molecule has 0 aromatic heterocycles. The van der Waals surface area contributed by atoms with Gasteiger partial charge in [0.1, 0.15) is 0 Å². The summed E-state index contributed by atoms with van der Waals surface area (Å²) in [5.74, 6) is -1.10. The van der Waals surface area contributed by atoms with Crippen LogP contribution in [0.3, 0.4) is 0 Å². The summed E-state index contributed by atoms with van der Waals surface area (Å²) in [5, 5.41) is 11.9. The van der Waals surface area contributed by atoms with Crippen molar-refractivity contribution in [2.24, 2.45) is 5.92 Å². The van der Waals surface area contributed by atoms with Gasteiger partial charge in [-0.2, -0.15) is 0 Å². The van der Waals surface area contributed by atoms with E-state index in [2.05, 4.69) is 37.4 Å². The second-order valence-corrected chi connectivity index (χ2v) is 4.30. The van der Waals surface area contributed by atoms with E-state index in [1.165, 1.54) is 16.7 Å². The Hall–Kier alpha value is -1.35. The number of nitrogens with one attached hydrogen (secondary N) is 1. The first kappa shape index (κ1) is 12.7. The fourth-order valence-electron chi connectivity index (χ4n) is 1.55. The summed E-state index contributed by atoms with van der Waals surface area (Å²) >= 11 is 0. The van der Waals surface area contributed by atoms with E-state index in [1.54, 1.807) is 6.92 Å². The largest absolute Gasteiger partial charge is 0.481 e. The molecule has 0 amide bonds. The van der Waals surface area contributed by atoms with Gasteiger partial charge in [0, 0.05) is 13.1 Å². The molecule has 1 unspecified atom stereocenters. The highest BCUT2D eigenvalue weighted by Crippen LogP contribution is 2.10. The predicted molar refractivity (Wildman–Crippen MR) is 64.4 cm³/mol. The monoisotopic (exact) mass is 221 g/mol. The Balaban J connectivity index is 2.46. The Morgan fingerprint density at radius 1 is 1.44 bits per heavy atom. The summed E-state index contributed by atoms with van der Waals surface area (Å²) in [6.07, 6.45) is 0. The van der Waals surface area contributed by atoms with Gasteiger partial charge in [-0.3, -0.25) is 4.79 Å². The highest BCUT2D eigenvalue weighted by atomic mass is 16.4. The Morgan fingerprint density at radius 3 is 2.69 bits per heavy atom. The third-order valence-corrected chi connectivity index (χ3v) is 2.69. The smallest absolute Gasteiger partial charge is 0.307 e. The number of aryl methyl sites for hydroxylation is 2. The molecule has 1 rings (SSSR count). The van der Waals surface area contributed by atoms with Crippen LogP contribution in [0.2, 0.25) is 0 Å². The van der Waals surface area contributed by atoms with Gasteiger partial charge in [0.2, 0.25) is 0 Å². The molecule has 3 heteroatoms. The maximum absolute atomic E-state index is 10.6. The average molecular weight is 221 g/mol. The molecule has 0 spiro atoms. The number of carboxylic acids is 1. The van der Waals surface area contributed by atoms with E-state index < -0.39 is 5.97 Å². The normalized spacial score (nSPS) is 12.4. The quantitative estimate of drug-likeness (QED) is 0.800. The van der Waals surface area contributed by atoms with Crippen molar-refractivity contribution in [2.45, 2.75) is 27.3 Å². The second-order valence-electron chi connectivity index (χ2n) is 4.30. The van der Waals surface area contributed by atoms with Crippen LogP contribution in [-0.2, 0) is 11.3 Å². The summed E-state index contributed by atoms with van der Waals surface area (Å²) in [4.78, 5) is 10.6. The molecule has 0 saturated carbocycles. The Labute approximate surface area is 96.5 Å². The molecule has 2 N–H and O–H groups in total. The van der Waals surface area contributed by atoms with E-state index >= 15 is 0 Å². The van der Waals surface area contributed by atoms with Gasteiger partial charge in [0.25, 0.3) is 0 Å². The topological polar surface area (TPSA) is 49.3 Å². The standard InChI is InChI=1S/C13H19NO2/c1-9-4-5-12(10(2)6-9)8-14-7-11(3)13(15)16/h4-6,11,14H,7-8H2,1-3H3,(H,15,16). The first-order valence-corrected chi connectivity index (χ1v) is 5.50. The summed E-state index contributed by atoms with van der Waals surface area (Å²) in [5.41, 5.74) is 3.72. The molecule has 16 heavy (non-hydrogen) atoms. The predicted octanol–water partition coefficient (Wildman–Crippen LogP) is 2.11. The molecule has 0 fully saturated rings. The van der Waals surface area contributed by atoms with E-state index in [4.69, 9.17) is 5.11 Å². The first-order valence-electron chi connectivity index (χ1n) is 5.50. The molecular weight excluding hydrogens is 202 g/mol. The van der Waals surface area contributed by atoms with Gasteiger partial charge in [-0.05, 0) is 25.0 Å². The second kappa shape index (κ2) is 5.66. The third-order valence-electron chi connectivity index (χ3n) is 2.69. The third kappa shape index (κ3) is 3.66. The van der Waals surface area contributed by atoms with Gasteiger partial charge in [0.05, 0.1) is 5.92 Å². The molecule has 3 nitrogen and oxygen atoms in total. The first-order chi connectivity index (χ1) is 7.50. The van der Waals surface area contributed by atoms with E-state index in [9.17, 15) is 4.79 Å². The van der Waals surface area contributed by atoms with Crippen LogP contribution in [0, 0.1) is 19.8 Å². The van der Waals surface area contributed by atoms with Crippen molar-refractivity contribution in [3.63, 3.8) is 0 Å². The molecule has 0 heterocycles. The van der Waals surface area contributed by atoms with E-state index in [0.29, 0.717) is 6.54 Å².